The molecule has 0 spiro atoms. The van der Waals surface area contributed by atoms with Crippen molar-refractivity contribution in [1.29, 1.82) is 0 Å². The molecule has 0 aromatic carbocycles. The van der Waals surface area contributed by atoms with E-state index < -0.39 is 7.12 Å². The van der Waals surface area contributed by atoms with Gasteiger partial charge in [-0.1, -0.05) is 0 Å². The molecule has 19 heavy (non-hydrogen) atoms. The summed E-state index contributed by atoms with van der Waals surface area (Å²) in [6.07, 6.45) is 3.38. The van der Waals surface area contributed by atoms with Gasteiger partial charge in [-0.3, -0.25) is 4.98 Å². The van der Waals surface area contributed by atoms with Crippen LogP contribution in [0.5, 0.6) is 5.75 Å². The summed E-state index contributed by atoms with van der Waals surface area (Å²) in [7, 11) is 1.13. The highest BCUT2D eigenvalue weighted by atomic mass is 16.7. The van der Waals surface area contributed by atoms with E-state index in [4.69, 9.17) is 19.8 Å². The van der Waals surface area contributed by atoms with Crippen LogP contribution in [-0.4, -0.2) is 30.4 Å². The molecule has 0 aliphatic carbocycles. The highest BCUT2D eigenvalue weighted by molar-refractivity contribution is 6.62. The smallest absolute Gasteiger partial charge is 0.495 e. The van der Waals surface area contributed by atoms with Crippen LogP contribution in [0.2, 0.25) is 0 Å². The van der Waals surface area contributed by atoms with Gasteiger partial charge in [-0.15, -0.1) is 0 Å². The third-order valence-corrected chi connectivity index (χ3v) is 3.98. The van der Waals surface area contributed by atoms with Gasteiger partial charge in [-0.25, -0.2) is 0 Å². The lowest BCUT2D eigenvalue weighted by Gasteiger charge is -2.32. The Bertz CT molecular complexity index is 461. The fourth-order valence-electron chi connectivity index (χ4n) is 2.05. The first-order valence-corrected chi connectivity index (χ1v) is 6.39. The van der Waals surface area contributed by atoms with Crippen molar-refractivity contribution in [3.63, 3.8) is 0 Å². The maximum atomic E-state index is 6.02. The number of nitrogens with two attached hydrogens (primary N) is 1. The molecule has 5 nitrogen and oxygen atoms in total. The van der Waals surface area contributed by atoms with Crippen LogP contribution in [0.3, 0.4) is 0 Å². The molecule has 1 fully saturated rings. The number of methoxy groups -OCH3 is 1. The third kappa shape index (κ3) is 2.36. The predicted molar refractivity (Wildman–Crippen MR) is 74.4 cm³/mol. The van der Waals surface area contributed by atoms with Crippen molar-refractivity contribution >= 4 is 12.6 Å². The summed E-state index contributed by atoms with van der Waals surface area (Å²) >= 11 is 0. The quantitative estimate of drug-likeness (QED) is 0.820. The van der Waals surface area contributed by atoms with Gasteiger partial charge in [0.15, 0.2) is 0 Å². The van der Waals surface area contributed by atoms with E-state index in [-0.39, 0.29) is 11.2 Å². The normalized spacial score (nSPS) is 20.6. The summed E-state index contributed by atoms with van der Waals surface area (Å²) in [5, 5.41) is 0. The topological polar surface area (TPSA) is 66.6 Å². The Hall–Kier alpha value is -1.11. The van der Waals surface area contributed by atoms with Gasteiger partial charge >= 0.3 is 7.12 Å². The summed E-state index contributed by atoms with van der Waals surface area (Å²) < 4.78 is 17.3. The fourth-order valence-corrected chi connectivity index (χ4v) is 2.05. The molecule has 0 radical (unpaired) electrons. The molecule has 1 aromatic heterocycles. The summed E-state index contributed by atoms with van der Waals surface area (Å²) in [4.78, 5) is 4.16. The van der Waals surface area contributed by atoms with Gasteiger partial charge in [0.2, 0.25) is 0 Å². The lowest BCUT2D eigenvalue weighted by atomic mass is 9.77. The summed E-state index contributed by atoms with van der Waals surface area (Å²) in [5.74, 6) is 0.662. The van der Waals surface area contributed by atoms with Crippen molar-refractivity contribution < 1.29 is 14.0 Å². The van der Waals surface area contributed by atoms with Crippen LogP contribution in [0, 0.1) is 0 Å². The molecule has 1 aromatic rings. The summed E-state index contributed by atoms with van der Waals surface area (Å²) in [6, 6.07) is 0. The van der Waals surface area contributed by atoms with Crippen LogP contribution in [0.25, 0.3) is 0 Å². The molecule has 0 atom stereocenters. The maximum Gasteiger partial charge on any atom is 0.496 e. The lowest BCUT2D eigenvalue weighted by Crippen LogP contribution is -2.41. The number of hydrogen-bond acceptors (Lipinski definition) is 5. The largest absolute Gasteiger partial charge is 0.496 e. The van der Waals surface area contributed by atoms with Crippen LogP contribution in [-0.2, 0) is 15.9 Å². The molecule has 0 bridgehead atoms. The number of rotatable bonds is 3. The van der Waals surface area contributed by atoms with E-state index in [2.05, 4.69) is 4.98 Å². The minimum Gasteiger partial charge on any atom is -0.495 e. The van der Waals surface area contributed by atoms with Crippen molar-refractivity contribution in [3.8, 4) is 5.75 Å². The van der Waals surface area contributed by atoms with Gasteiger partial charge in [-0.05, 0) is 27.7 Å². The molecule has 0 unspecified atom stereocenters. The summed E-state index contributed by atoms with van der Waals surface area (Å²) in [6.45, 7) is 8.42. The van der Waals surface area contributed by atoms with E-state index in [1.807, 2.05) is 27.7 Å². The summed E-state index contributed by atoms with van der Waals surface area (Å²) in [5.41, 5.74) is 6.75. The lowest BCUT2D eigenvalue weighted by molar-refractivity contribution is 0.00578. The zero-order valence-corrected chi connectivity index (χ0v) is 12.2. The van der Waals surface area contributed by atoms with Crippen LogP contribution < -0.4 is 15.9 Å². The Labute approximate surface area is 114 Å². The maximum absolute atomic E-state index is 6.02. The van der Waals surface area contributed by atoms with Crippen LogP contribution in [0.1, 0.15) is 33.3 Å². The Balaban J connectivity index is 2.39. The zero-order valence-electron chi connectivity index (χ0n) is 12.2. The van der Waals surface area contributed by atoms with Gasteiger partial charge in [0, 0.05) is 23.8 Å². The highest BCUT2D eigenvalue weighted by Crippen LogP contribution is 2.36. The van der Waals surface area contributed by atoms with Gasteiger partial charge < -0.3 is 19.8 Å². The van der Waals surface area contributed by atoms with Crippen molar-refractivity contribution in [2.75, 3.05) is 7.11 Å². The molecule has 1 aliphatic rings. The van der Waals surface area contributed by atoms with Gasteiger partial charge in [0.05, 0.1) is 24.5 Å². The van der Waals surface area contributed by atoms with Crippen molar-refractivity contribution in [1.82, 2.24) is 4.98 Å². The van der Waals surface area contributed by atoms with E-state index in [0.29, 0.717) is 12.3 Å². The molecule has 2 heterocycles. The average Bonchev–Trinajstić information content (AvgIpc) is 2.57. The van der Waals surface area contributed by atoms with Crippen molar-refractivity contribution in [2.24, 2.45) is 5.73 Å². The zero-order chi connectivity index (χ0) is 14.3. The third-order valence-electron chi connectivity index (χ3n) is 3.98. The van der Waals surface area contributed by atoms with Crippen molar-refractivity contribution in [3.05, 3.63) is 18.0 Å². The van der Waals surface area contributed by atoms with Gasteiger partial charge in [0.1, 0.15) is 5.75 Å². The molecule has 0 amide bonds. The Morgan fingerprint density at radius 2 is 1.79 bits per heavy atom. The van der Waals surface area contributed by atoms with Crippen LogP contribution >= 0.6 is 0 Å². The second-order valence-electron chi connectivity index (χ2n) is 5.70. The Morgan fingerprint density at radius 3 is 2.26 bits per heavy atom. The number of aromatic nitrogens is 1. The van der Waals surface area contributed by atoms with E-state index in [1.165, 1.54) is 0 Å². The fraction of sp³-hybridized carbons (Fsp3) is 0.615. The second-order valence-corrected chi connectivity index (χ2v) is 5.70. The molecule has 104 valence electrons. The SMILES string of the molecule is COc1cncc(B2OC(C)(C)C(C)(C)O2)c1CN. The Morgan fingerprint density at radius 1 is 1.21 bits per heavy atom. The molecule has 0 saturated carbocycles. The average molecular weight is 264 g/mol. The van der Waals surface area contributed by atoms with Gasteiger partial charge in [-0.2, -0.15) is 0 Å². The first-order valence-electron chi connectivity index (χ1n) is 6.39. The number of ether oxygens (including phenoxy) is 1. The first-order chi connectivity index (χ1) is 8.82. The highest BCUT2D eigenvalue weighted by Gasteiger charge is 2.52. The van der Waals surface area contributed by atoms with Crippen LogP contribution in [0.4, 0.5) is 0 Å². The standard InChI is InChI=1S/C13H21BN2O3/c1-12(2)13(3,4)19-14(18-12)10-7-16-8-11(17-5)9(10)6-15/h7-8H,6,15H2,1-5H3. The van der Waals surface area contributed by atoms with E-state index in [9.17, 15) is 0 Å². The molecule has 6 heteroatoms. The second kappa shape index (κ2) is 4.78. The molecule has 2 rings (SSSR count). The molecule has 1 saturated heterocycles. The van der Waals surface area contributed by atoms with E-state index >= 15 is 0 Å². The number of pyridine rings is 1. The monoisotopic (exact) mass is 264 g/mol. The minimum absolute atomic E-state index is 0.352. The Kier molecular flexibility index (Phi) is 3.60. The van der Waals surface area contributed by atoms with E-state index in [0.717, 1.165) is 11.0 Å². The molecule has 1 aliphatic heterocycles. The van der Waals surface area contributed by atoms with E-state index in [1.54, 1.807) is 19.5 Å². The van der Waals surface area contributed by atoms with Crippen LogP contribution in [0.15, 0.2) is 12.4 Å². The van der Waals surface area contributed by atoms with Crippen molar-refractivity contribution in [2.45, 2.75) is 45.4 Å². The number of nitrogens with zero attached hydrogens (tertiary/aromatic N) is 1. The predicted octanol–water partition coefficient (Wildman–Crippen LogP) is 0.848. The minimum atomic E-state index is -0.467. The number of hydrogen-bond donors (Lipinski definition) is 1. The molecule has 2 N–H and O–H groups in total. The molecular formula is C13H21BN2O3. The molecular weight excluding hydrogens is 243 g/mol. The first kappa shape index (κ1) is 14.3. The van der Waals surface area contributed by atoms with Gasteiger partial charge in [0.25, 0.3) is 0 Å².